The van der Waals surface area contributed by atoms with E-state index >= 15 is 0 Å². The third-order valence-electron chi connectivity index (χ3n) is 3.04. The molecule has 0 saturated heterocycles. The summed E-state index contributed by atoms with van der Waals surface area (Å²) in [6, 6.07) is 8.12. The predicted molar refractivity (Wildman–Crippen MR) is 81.4 cm³/mol. The Kier molecular flexibility index (Phi) is 4.50. The van der Waals surface area contributed by atoms with Crippen LogP contribution < -0.4 is 5.73 Å². The second-order valence-corrected chi connectivity index (χ2v) is 7.05. The van der Waals surface area contributed by atoms with Crippen LogP contribution in [0.3, 0.4) is 0 Å². The maximum atomic E-state index is 6.11. The molecule has 20 heavy (non-hydrogen) atoms. The number of hydrogen-bond acceptors (Lipinski definition) is 5. The van der Waals surface area contributed by atoms with Crippen molar-refractivity contribution in [2.45, 2.75) is 44.4 Å². The molecule has 0 radical (unpaired) electrons. The van der Waals surface area contributed by atoms with Crippen LogP contribution in [0.2, 0.25) is 0 Å². The summed E-state index contributed by atoms with van der Waals surface area (Å²) in [5.41, 5.74) is 7.27. The first-order valence-corrected chi connectivity index (χ1v) is 7.62. The molecule has 2 rings (SSSR count). The zero-order valence-corrected chi connectivity index (χ0v) is 13.2. The molecule has 1 aromatic heterocycles. The van der Waals surface area contributed by atoms with Crippen molar-refractivity contribution in [2.75, 3.05) is 0 Å². The van der Waals surface area contributed by atoms with Crippen molar-refractivity contribution < 1.29 is 4.52 Å². The number of rotatable bonds is 4. The SMILES string of the molecule is Cc1cccc(SCc2noc([C@H](N)C(C)(C)C)n2)c1. The third-order valence-corrected chi connectivity index (χ3v) is 4.03. The summed E-state index contributed by atoms with van der Waals surface area (Å²) < 4.78 is 5.27. The molecule has 1 heterocycles. The summed E-state index contributed by atoms with van der Waals surface area (Å²) in [6.07, 6.45) is 0. The van der Waals surface area contributed by atoms with E-state index in [0.29, 0.717) is 17.5 Å². The van der Waals surface area contributed by atoms with E-state index in [9.17, 15) is 0 Å². The van der Waals surface area contributed by atoms with Crippen LogP contribution in [-0.2, 0) is 5.75 Å². The third kappa shape index (κ3) is 3.84. The molecule has 0 amide bonds. The molecule has 0 bridgehead atoms. The van der Waals surface area contributed by atoms with Crippen molar-refractivity contribution >= 4 is 11.8 Å². The van der Waals surface area contributed by atoms with Crippen LogP contribution in [-0.4, -0.2) is 10.1 Å². The molecule has 108 valence electrons. The van der Waals surface area contributed by atoms with Crippen LogP contribution in [0.25, 0.3) is 0 Å². The van der Waals surface area contributed by atoms with Crippen molar-refractivity contribution in [3.63, 3.8) is 0 Å². The van der Waals surface area contributed by atoms with Crippen LogP contribution in [0.5, 0.6) is 0 Å². The van der Waals surface area contributed by atoms with Gasteiger partial charge in [0.05, 0.1) is 11.8 Å². The first kappa shape index (κ1) is 15.1. The molecule has 0 aliphatic rings. The standard InChI is InChI=1S/C15H21N3OS/c1-10-6-5-7-11(8-10)20-9-12-17-14(19-18-12)13(16)15(2,3)4/h5-8,13H,9,16H2,1-4H3/t13-/m0/s1. The van der Waals surface area contributed by atoms with Gasteiger partial charge in [-0.3, -0.25) is 0 Å². The highest BCUT2D eigenvalue weighted by Crippen LogP contribution is 2.30. The largest absolute Gasteiger partial charge is 0.338 e. The maximum absolute atomic E-state index is 6.11. The Hall–Kier alpha value is -1.33. The van der Waals surface area contributed by atoms with Crippen molar-refractivity contribution in [1.29, 1.82) is 0 Å². The molecule has 5 heteroatoms. The molecule has 1 aromatic carbocycles. The van der Waals surface area contributed by atoms with Crippen LogP contribution >= 0.6 is 11.8 Å². The van der Waals surface area contributed by atoms with Gasteiger partial charge in [-0.25, -0.2) is 0 Å². The van der Waals surface area contributed by atoms with Gasteiger partial charge in [0.15, 0.2) is 5.82 Å². The first-order chi connectivity index (χ1) is 9.36. The molecular formula is C15H21N3OS. The van der Waals surface area contributed by atoms with Gasteiger partial charge in [0.2, 0.25) is 5.89 Å². The van der Waals surface area contributed by atoms with Gasteiger partial charge in [-0.15, -0.1) is 11.8 Å². The molecule has 0 aliphatic heterocycles. The fourth-order valence-corrected chi connectivity index (χ4v) is 2.53. The lowest BCUT2D eigenvalue weighted by Crippen LogP contribution is -2.26. The van der Waals surface area contributed by atoms with E-state index < -0.39 is 0 Å². The van der Waals surface area contributed by atoms with Crippen molar-refractivity contribution in [2.24, 2.45) is 11.1 Å². The monoisotopic (exact) mass is 291 g/mol. The quantitative estimate of drug-likeness (QED) is 0.870. The first-order valence-electron chi connectivity index (χ1n) is 6.64. The Morgan fingerprint density at radius 1 is 1.35 bits per heavy atom. The lowest BCUT2D eigenvalue weighted by atomic mass is 9.87. The summed E-state index contributed by atoms with van der Waals surface area (Å²) >= 11 is 1.69. The summed E-state index contributed by atoms with van der Waals surface area (Å²) in [5, 5.41) is 4.00. The lowest BCUT2D eigenvalue weighted by Gasteiger charge is -2.23. The van der Waals surface area contributed by atoms with E-state index in [4.69, 9.17) is 10.3 Å². The van der Waals surface area contributed by atoms with Crippen LogP contribution in [0, 0.1) is 12.3 Å². The second-order valence-electron chi connectivity index (χ2n) is 6.00. The molecule has 0 spiro atoms. The zero-order valence-electron chi connectivity index (χ0n) is 12.4. The zero-order chi connectivity index (χ0) is 14.8. The normalized spacial score (nSPS) is 13.4. The van der Waals surface area contributed by atoms with Gasteiger partial charge in [0, 0.05) is 4.90 Å². The van der Waals surface area contributed by atoms with Gasteiger partial charge in [-0.2, -0.15) is 4.98 Å². The van der Waals surface area contributed by atoms with Gasteiger partial charge in [-0.05, 0) is 24.5 Å². The number of benzene rings is 1. The Morgan fingerprint density at radius 2 is 2.10 bits per heavy atom. The average Bonchev–Trinajstić information content (AvgIpc) is 2.83. The van der Waals surface area contributed by atoms with Crippen molar-refractivity contribution in [3.05, 3.63) is 41.5 Å². The highest BCUT2D eigenvalue weighted by Gasteiger charge is 2.27. The molecule has 1 atom stereocenters. The Bertz CT molecular complexity index is 574. The van der Waals surface area contributed by atoms with E-state index in [-0.39, 0.29) is 11.5 Å². The molecule has 4 nitrogen and oxygen atoms in total. The fraction of sp³-hybridized carbons (Fsp3) is 0.467. The molecule has 0 unspecified atom stereocenters. The van der Waals surface area contributed by atoms with Gasteiger partial charge < -0.3 is 10.3 Å². The molecular weight excluding hydrogens is 270 g/mol. The van der Waals surface area contributed by atoms with E-state index in [2.05, 4.69) is 62.1 Å². The highest BCUT2D eigenvalue weighted by atomic mass is 32.2. The molecule has 2 aromatic rings. The Morgan fingerprint density at radius 3 is 2.75 bits per heavy atom. The Balaban J connectivity index is 2.00. The number of aryl methyl sites for hydroxylation is 1. The number of aromatic nitrogens is 2. The van der Waals surface area contributed by atoms with Crippen molar-refractivity contribution in [1.82, 2.24) is 10.1 Å². The van der Waals surface area contributed by atoms with Gasteiger partial charge in [-0.1, -0.05) is 43.6 Å². The molecule has 0 saturated carbocycles. The smallest absolute Gasteiger partial charge is 0.244 e. The summed E-state index contributed by atoms with van der Waals surface area (Å²) in [4.78, 5) is 5.60. The second kappa shape index (κ2) is 5.97. The highest BCUT2D eigenvalue weighted by molar-refractivity contribution is 7.98. The summed E-state index contributed by atoms with van der Waals surface area (Å²) in [6.45, 7) is 8.26. The minimum Gasteiger partial charge on any atom is -0.338 e. The van der Waals surface area contributed by atoms with Gasteiger partial charge in [0.25, 0.3) is 0 Å². The number of hydrogen-bond donors (Lipinski definition) is 1. The van der Waals surface area contributed by atoms with E-state index in [1.807, 2.05) is 0 Å². The van der Waals surface area contributed by atoms with Gasteiger partial charge >= 0.3 is 0 Å². The summed E-state index contributed by atoms with van der Waals surface area (Å²) in [5.74, 6) is 1.88. The predicted octanol–water partition coefficient (Wildman–Crippen LogP) is 3.72. The number of nitrogens with two attached hydrogens (primary N) is 1. The molecule has 0 fully saturated rings. The molecule has 2 N–H and O–H groups in total. The minimum absolute atomic E-state index is 0.0898. The van der Waals surface area contributed by atoms with Crippen LogP contribution in [0.15, 0.2) is 33.7 Å². The fourth-order valence-electron chi connectivity index (χ4n) is 1.68. The van der Waals surface area contributed by atoms with E-state index in [1.165, 1.54) is 10.5 Å². The lowest BCUT2D eigenvalue weighted by molar-refractivity contribution is 0.252. The molecule has 0 aliphatic carbocycles. The maximum Gasteiger partial charge on any atom is 0.244 e. The summed E-state index contributed by atoms with van der Waals surface area (Å²) in [7, 11) is 0. The van der Waals surface area contributed by atoms with Crippen LogP contribution in [0.1, 0.15) is 44.1 Å². The van der Waals surface area contributed by atoms with Crippen LogP contribution in [0.4, 0.5) is 0 Å². The Labute approximate surface area is 124 Å². The van der Waals surface area contributed by atoms with Crippen molar-refractivity contribution in [3.8, 4) is 0 Å². The minimum atomic E-state index is -0.243. The number of thioether (sulfide) groups is 1. The van der Waals surface area contributed by atoms with E-state index in [1.54, 1.807) is 11.8 Å². The number of nitrogens with zero attached hydrogens (tertiary/aromatic N) is 2. The average molecular weight is 291 g/mol. The topological polar surface area (TPSA) is 64.9 Å². The van der Waals surface area contributed by atoms with E-state index in [0.717, 1.165) is 0 Å². The van der Waals surface area contributed by atoms with Gasteiger partial charge in [0.1, 0.15) is 0 Å².